The summed E-state index contributed by atoms with van der Waals surface area (Å²) in [4.78, 5) is 18.6. The molecule has 1 aliphatic heterocycles. The quantitative estimate of drug-likeness (QED) is 0.392. The zero-order valence-corrected chi connectivity index (χ0v) is 20.1. The summed E-state index contributed by atoms with van der Waals surface area (Å²) in [6.07, 6.45) is 8.54. The number of piperidine rings is 1. The monoisotopic (exact) mass is 480 g/mol. The largest absolute Gasteiger partial charge is 0.497 e. The molecule has 4 rings (SSSR count). The minimum absolute atomic E-state index is 0.0208. The first kappa shape index (κ1) is 25.0. The van der Waals surface area contributed by atoms with Crippen LogP contribution >= 0.6 is 0 Å². The molecule has 0 aliphatic carbocycles. The van der Waals surface area contributed by atoms with Crippen LogP contribution < -0.4 is 4.74 Å². The summed E-state index contributed by atoms with van der Waals surface area (Å²) in [5.41, 5.74) is 2.48. The summed E-state index contributed by atoms with van der Waals surface area (Å²) in [7, 11) is 1.58. The van der Waals surface area contributed by atoms with Crippen molar-refractivity contribution in [2.75, 3.05) is 26.7 Å². The Kier molecular flexibility index (Phi) is 8.58. The van der Waals surface area contributed by atoms with Crippen LogP contribution in [0, 0.1) is 11.8 Å². The molecule has 8 heteroatoms. The number of carboxylic acid groups (broad SMARTS) is 1. The average Bonchev–Trinajstić information content (AvgIpc) is 2.89. The number of aliphatic carboxylic acids is 1. The van der Waals surface area contributed by atoms with Gasteiger partial charge in [0, 0.05) is 24.3 Å². The Morgan fingerprint density at radius 1 is 1.23 bits per heavy atom. The first-order valence-corrected chi connectivity index (χ1v) is 12.3. The molecule has 1 aliphatic rings. The molecule has 3 aromatic rings. The van der Waals surface area contributed by atoms with E-state index in [-0.39, 0.29) is 5.92 Å². The van der Waals surface area contributed by atoms with Crippen molar-refractivity contribution in [3.05, 3.63) is 60.0 Å². The first-order chi connectivity index (χ1) is 17.0. The van der Waals surface area contributed by atoms with Crippen LogP contribution in [0.25, 0.3) is 10.9 Å². The SMILES string of the molecule is COc1ccc2nccc(C(F)CC[C@@H]3CCN(CCCCc4ccnnc4)C[C@@H]3C(=O)O)c2c1. The Labute approximate surface area is 205 Å². The van der Waals surface area contributed by atoms with E-state index in [1.54, 1.807) is 31.8 Å². The number of carboxylic acids is 1. The van der Waals surface area contributed by atoms with E-state index in [4.69, 9.17) is 4.74 Å². The summed E-state index contributed by atoms with van der Waals surface area (Å²) < 4.78 is 20.7. The van der Waals surface area contributed by atoms with Gasteiger partial charge in [-0.2, -0.15) is 10.2 Å². The number of methoxy groups -OCH3 is 1. The summed E-state index contributed by atoms with van der Waals surface area (Å²) in [5, 5.41) is 18.3. The summed E-state index contributed by atoms with van der Waals surface area (Å²) in [6, 6.07) is 9.14. The third-order valence-electron chi connectivity index (χ3n) is 7.10. The average molecular weight is 481 g/mol. The third kappa shape index (κ3) is 6.51. The normalized spacial score (nSPS) is 19.5. The van der Waals surface area contributed by atoms with Crippen LogP contribution in [0.3, 0.4) is 0 Å². The number of fused-ring (bicyclic) bond motifs is 1. The van der Waals surface area contributed by atoms with E-state index in [0.717, 1.165) is 49.7 Å². The van der Waals surface area contributed by atoms with Crippen molar-refractivity contribution in [3.8, 4) is 5.75 Å². The van der Waals surface area contributed by atoms with E-state index in [2.05, 4.69) is 20.1 Å². The molecule has 1 aromatic carbocycles. The molecule has 1 N–H and O–H groups in total. The van der Waals surface area contributed by atoms with E-state index in [0.29, 0.717) is 30.7 Å². The molecular weight excluding hydrogens is 447 g/mol. The number of unbranched alkanes of at least 4 members (excludes halogenated alkanes) is 1. The standard InChI is InChI=1S/C27H33FN4O3/c1-35-21-6-8-26-23(16-21)22(10-12-29-26)25(28)7-5-20-11-15-32(18-24(20)27(33)34)14-3-2-4-19-9-13-30-31-17-19/h6,8-10,12-13,16-17,20,24-25H,2-5,7,11,14-15,18H2,1H3,(H,33,34)/t20-,24+,25?/m1/s1. The highest BCUT2D eigenvalue weighted by Crippen LogP contribution is 2.35. The number of hydrogen-bond donors (Lipinski definition) is 1. The number of hydrogen-bond acceptors (Lipinski definition) is 6. The van der Waals surface area contributed by atoms with Crippen LogP contribution in [0.15, 0.2) is 48.9 Å². The molecule has 0 radical (unpaired) electrons. The Morgan fingerprint density at radius 2 is 2.11 bits per heavy atom. The Hall–Kier alpha value is -3.13. The number of aryl methyl sites for hydroxylation is 1. The van der Waals surface area contributed by atoms with Gasteiger partial charge in [0.05, 0.1) is 24.7 Å². The van der Waals surface area contributed by atoms with Gasteiger partial charge in [0.2, 0.25) is 0 Å². The lowest BCUT2D eigenvalue weighted by molar-refractivity contribution is -0.146. The molecular formula is C27H33FN4O3. The van der Waals surface area contributed by atoms with Crippen LogP contribution in [-0.2, 0) is 11.2 Å². The molecule has 7 nitrogen and oxygen atoms in total. The van der Waals surface area contributed by atoms with Crippen LogP contribution in [0.2, 0.25) is 0 Å². The van der Waals surface area contributed by atoms with Crippen molar-refractivity contribution in [1.82, 2.24) is 20.1 Å². The van der Waals surface area contributed by atoms with E-state index >= 15 is 4.39 Å². The molecule has 3 heterocycles. The lowest BCUT2D eigenvalue weighted by atomic mass is 9.81. The summed E-state index contributed by atoms with van der Waals surface area (Å²) >= 11 is 0. The summed E-state index contributed by atoms with van der Waals surface area (Å²) in [5.74, 6) is -0.603. The number of rotatable bonds is 11. The third-order valence-corrected chi connectivity index (χ3v) is 7.10. The molecule has 2 aromatic heterocycles. The van der Waals surface area contributed by atoms with E-state index in [9.17, 15) is 9.90 Å². The van der Waals surface area contributed by atoms with Crippen LogP contribution in [0.5, 0.6) is 5.75 Å². The Bertz CT molecular complexity index is 1110. The lowest BCUT2D eigenvalue weighted by Crippen LogP contribution is -2.44. The molecule has 1 unspecified atom stereocenters. The highest BCUT2D eigenvalue weighted by Gasteiger charge is 2.34. The second-order valence-corrected chi connectivity index (χ2v) is 9.33. The second-order valence-electron chi connectivity index (χ2n) is 9.33. The number of halogens is 1. The molecule has 0 spiro atoms. The van der Waals surface area contributed by atoms with Gasteiger partial charge in [-0.15, -0.1) is 0 Å². The van der Waals surface area contributed by atoms with Gasteiger partial charge in [-0.3, -0.25) is 9.78 Å². The molecule has 1 fully saturated rings. The topological polar surface area (TPSA) is 88.4 Å². The molecule has 35 heavy (non-hydrogen) atoms. The zero-order chi connectivity index (χ0) is 24.6. The Morgan fingerprint density at radius 3 is 2.89 bits per heavy atom. The predicted octanol–water partition coefficient (Wildman–Crippen LogP) is 4.87. The number of nitrogens with zero attached hydrogens (tertiary/aromatic N) is 4. The number of ether oxygens (including phenoxy) is 1. The van der Waals surface area contributed by atoms with Crippen LogP contribution in [0.1, 0.15) is 49.4 Å². The molecule has 0 bridgehead atoms. The van der Waals surface area contributed by atoms with Crippen molar-refractivity contribution < 1.29 is 19.0 Å². The number of alkyl halides is 1. The number of likely N-dealkylation sites (tertiary alicyclic amines) is 1. The molecule has 186 valence electrons. The van der Waals surface area contributed by atoms with Crippen LogP contribution in [-0.4, -0.2) is 57.9 Å². The first-order valence-electron chi connectivity index (χ1n) is 12.3. The van der Waals surface area contributed by atoms with Gasteiger partial charge in [-0.05, 0) is 99.0 Å². The number of carbonyl (C=O) groups is 1. The lowest BCUT2D eigenvalue weighted by Gasteiger charge is -2.37. The minimum atomic E-state index is -1.18. The van der Waals surface area contributed by atoms with Crippen molar-refractivity contribution in [1.29, 1.82) is 0 Å². The fraction of sp³-hybridized carbons (Fsp3) is 0.481. The maximum Gasteiger partial charge on any atom is 0.308 e. The zero-order valence-electron chi connectivity index (χ0n) is 20.1. The smallest absolute Gasteiger partial charge is 0.308 e. The van der Waals surface area contributed by atoms with Crippen molar-refractivity contribution >= 4 is 16.9 Å². The second kappa shape index (κ2) is 12.0. The van der Waals surface area contributed by atoms with Gasteiger partial charge < -0.3 is 14.7 Å². The molecule has 1 saturated heterocycles. The van der Waals surface area contributed by atoms with Gasteiger partial charge in [-0.1, -0.05) is 0 Å². The van der Waals surface area contributed by atoms with E-state index in [1.165, 1.54) is 5.56 Å². The van der Waals surface area contributed by atoms with Crippen molar-refractivity contribution in [3.63, 3.8) is 0 Å². The number of benzene rings is 1. The van der Waals surface area contributed by atoms with Gasteiger partial charge >= 0.3 is 5.97 Å². The molecule has 3 atom stereocenters. The van der Waals surface area contributed by atoms with Gasteiger partial charge in [0.1, 0.15) is 11.9 Å². The molecule has 0 saturated carbocycles. The maximum absolute atomic E-state index is 15.4. The summed E-state index contributed by atoms with van der Waals surface area (Å²) in [6.45, 7) is 2.27. The van der Waals surface area contributed by atoms with Gasteiger partial charge in [-0.25, -0.2) is 4.39 Å². The van der Waals surface area contributed by atoms with Gasteiger partial charge in [0.15, 0.2) is 0 Å². The highest BCUT2D eigenvalue weighted by molar-refractivity contribution is 5.83. The number of pyridine rings is 1. The van der Waals surface area contributed by atoms with Crippen molar-refractivity contribution in [2.45, 2.75) is 44.7 Å². The predicted molar refractivity (Wildman–Crippen MR) is 132 cm³/mol. The van der Waals surface area contributed by atoms with Crippen LogP contribution in [0.4, 0.5) is 4.39 Å². The maximum atomic E-state index is 15.4. The number of aromatic nitrogens is 3. The van der Waals surface area contributed by atoms with Gasteiger partial charge in [0.25, 0.3) is 0 Å². The Balaban J connectivity index is 1.30. The van der Waals surface area contributed by atoms with E-state index < -0.39 is 18.1 Å². The highest BCUT2D eigenvalue weighted by atomic mass is 19.1. The fourth-order valence-corrected chi connectivity index (χ4v) is 5.09. The molecule has 0 amide bonds. The minimum Gasteiger partial charge on any atom is -0.497 e. The van der Waals surface area contributed by atoms with Crippen molar-refractivity contribution in [2.24, 2.45) is 11.8 Å². The fourth-order valence-electron chi connectivity index (χ4n) is 5.09. The van der Waals surface area contributed by atoms with E-state index in [1.807, 2.05) is 24.3 Å².